The summed E-state index contributed by atoms with van der Waals surface area (Å²) in [6.07, 6.45) is 4.40. The van der Waals surface area contributed by atoms with Gasteiger partial charge in [-0.1, -0.05) is 121 Å². The molecule has 0 bridgehead atoms. The predicted molar refractivity (Wildman–Crippen MR) is 170 cm³/mol. The fraction of sp³-hybridized carbons (Fsp3) is 0.0256. The molecule has 6 rings (SSSR count). The maximum atomic E-state index is 9.61. The second-order valence-electron chi connectivity index (χ2n) is 10.1. The van der Waals surface area contributed by atoms with Crippen molar-refractivity contribution in [2.45, 2.75) is 6.42 Å². The number of benzene rings is 6. The lowest BCUT2D eigenvalue weighted by atomic mass is 9.89. The first-order valence-corrected chi connectivity index (χ1v) is 13.9. The highest BCUT2D eigenvalue weighted by molar-refractivity contribution is 5.85. The van der Waals surface area contributed by atoms with Crippen LogP contribution in [0, 0.1) is 23.0 Å². The van der Waals surface area contributed by atoms with Gasteiger partial charge in [-0.3, -0.25) is 0 Å². The Bertz CT molecular complexity index is 1680. The molecule has 0 saturated heterocycles. The zero-order valence-corrected chi connectivity index (χ0v) is 23.3. The van der Waals surface area contributed by atoms with Crippen molar-refractivity contribution in [2.75, 3.05) is 0 Å². The minimum absolute atomic E-state index is 0.524. The molecule has 0 radical (unpaired) electrons. The van der Waals surface area contributed by atoms with Crippen molar-refractivity contribution in [3.63, 3.8) is 0 Å². The van der Waals surface area contributed by atoms with Crippen LogP contribution in [0.5, 0.6) is 11.5 Å². The zero-order chi connectivity index (χ0) is 29.4. The van der Waals surface area contributed by atoms with Gasteiger partial charge in [0.1, 0.15) is 0 Å². The molecule has 4 heteroatoms. The predicted octanol–water partition coefficient (Wildman–Crippen LogP) is 9.67. The number of hydrogen-bond donors (Lipinski definition) is 0. The van der Waals surface area contributed by atoms with Crippen LogP contribution in [-0.4, -0.2) is 0 Å². The molecule has 0 atom stereocenters. The molecule has 0 aliphatic carbocycles. The molecule has 43 heavy (non-hydrogen) atoms. The standard InChI is InChI=1S/C39H26N2O2/c40-26-42-38-34(30-13-5-1-6-14-30)22-28(23-35(38)31-15-7-2-8-16-31)21-29-24-36(32-17-9-3-10-18-32)39(43-27-41)37(25-29)33-19-11-4-12-20-33/h1-20,22-25H,21H2. The van der Waals surface area contributed by atoms with Crippen molar-refractivity contribution in [2.24, 2.45) is 0 Å². The van der Waals surface area contributed by atoms with Crippen LogP contribution < -0.4 is 9.47 Å². The summed E-state index contributed by atoms with van der Waals surface area (Å²) in [4.78, 5) is 0. The largest absolute Gasteiger partial charge is 0.387 e. The molecule has 0 amide bonds. The molecular formula is C39H26N2O2. The van der Waals surface area contributed by atoms with Gasteiger partial charge in [0.25, 0.3) is 12.5 Å². The zero-order valence-electron chi connectivity index (χ0n) is 23.3. The van der Waals surface area contributed by atoms with Crippen molar-refractivity contribution >= 4 is 0 Å². The van der Waals surface area contributed by atoms with Crippen LogP contribution in [0.4, 0.5) is 0 Å². The van der Waals surface area contributed by atoms with Gasteiger partial charge in [-0.15, -0.1) is 10.5 Å². The third-order valence-electron chi connectivity index (χ3n) is 7.34. The Balaban J connectivity index is 1.57. The van der Waals surface area contributed by atoms with Crippen LogP contribution in [0.3, 0.4) is 0 Å². The Labute approximate surface area is 251 Å². The highest BCUT2D eigenvalue weighted by atomic mass is 16.5. The number of nitriles is 2. The maximum absolute atomic E-state index is 9.61. The van der Waals surface area contributed by atoms with Crippen LogP contribution in [0.25, 0.3) is 44.5 Å². The number of ether oxygens (including phenoxy) is 2. The van der Waals surface area contributed by atoms with E-state index in [1.54, 1.807) is 0 Å². The summed E-state index contributed by atoms with van der Waals surface area (Å²) in [5.41, 5.74) is 9.30. The van der Waals surface area contributed by atoms with E-state index in [9.17, 15) is 10.5 Å². The van der Waals surface area contributed by atoms with E-state index in [2.05, 4.69) is 24.3 Å². The van der Waals surface area contributed by atoms with Crippen molar-refractivity contribution < 1.29 is 9.47 Å². The van der Waals surface area contributed by atoms with E-state index in [1.165, 1.54) is 0 Å². The van der Waals surface area contributed by atoms with Gasteiger partial charge in [0.05, 0.1) is 0 Å². The van der Waals surface area contributed by atoms with Gasteiger partial charge in [-0.2, -0.15) is 0 Å². The average molecular weight is 555 g/mol. The lowest BCUT2D eigenvalue weighted by Crippen LogP contribution is -1.99. The topological polar surface area (TPSA) is 66.0 Å². The first-order valence-electron chi connectivity index (χ1n) is 13.9. The second-order valence-corrected chi connectivity index (χ2v) is 10.1. The van der Waals surface area contributed by atoms with Crippen molar-refractivity contribution in [3.8, 4) is 68.5 Å². The molecule has 0 spiro atoms. The Kier molecular flexibility index (Phi) is 7.94. The molecule has 0 aromatic heterocycles. The van der Waals surface area contributed by atoms with Crippen LogP contribution in [-0.2, 0) is 6.42 Å². The summed E-state index contributed by atoms with van der Waals surface area (Å²) in [6.45, 7) is 0. The fourth-order valence-electron chi connectivity index (χ4n) is 5.46. The van der Waals surface area contributed by atoms with Crippen molar-refractivity contribution in [3.05, 3.63) is 157 Å². The molecule has 0 heterocycles. The minimum atomic E-state index is 0.524. The Hall–Kier alpha value is -6.10. The van der Waals surface area contributed by atoms with Crippen LogP contribution in [0.15, 0.2) is 146 Å². The van der Waals surface area contributed by atoms with Crippen LogP contribution in [0.1, 0.15) is 11.1 Å². The van der Waals surface area contributed by atoms with E-state index in [-0.39, 0.29) is 0 Å². The van der Waals surface area contributed by atoms with Gasteiger partial charge in [-0.05, 0) is 64.1 Å². The summed E-state index contributed by atoms with van der Waals surface area (Å²) in [7, 11) is 0. The third kappa shape index (κ3) is 5.86. The summed E-state index contributed by atoms with van der Waals surface area (Å²) >= 11 is 0. The van der Waals surface area contributed by atoms with Crippen LogP contribution >= 0.6 is 0 Å². The SMILES string of the molecule is N#COc1c(-c2ccccc2)cc(Cc2cc(-c3ccccc3)c(OC#N)c(-c3ccccc3)c2)cc1-c1ccccc1. The Morgan fingerprint density at radius 1 is 0.395 bits per heavy atom. The van der Waals surface area contributed by atoms with Gasteiger partial charge in [0.2, 0.25) is 0 Å². The van der Waals surface area contributed by atoms with E-state index in [0.717, 1.165) is 55.6 Å². The van der Waals surface area contributed by atoms with E-state index >= 15 is 0 Å². The normalized spacial score (nSPS) is 10.4. The van der Waals surface area contributed by atoms with Gasteiger partial charge in [0.15, 0.2) is 11.5 Å². The fourth-order valence-corrected chi connectivity index (χ4v) is 5.46. The van der Waals surface area contributed by atoms with Crippen molar-refractivity contribution in [1.82, 2.24) is 0 Å². The molecule has 4 nitrogen and oxygen atoms in total. The monoisotopic (exact) mass is 554 g/mol. The van der Waals surface area contributed by atoms with E-state index in [1.807, 2.05) is 134 Å². The quantitative estimate of drug-likeness (QED) is 0.176. The second kappa shape index (κ2) is 12.6. The highest BCUT2D eigenvalue weighted by Crippen LogP contribution is 2.43. The van der Waals surface area contributed by atoms with Gasteiger partial charge < -0.3 is 9.47 Å². The molecule has 0 aliphatic heterocycles. The third-order valence-corrected chi connectivity index (χ3v) is 7.34. The van der Waals surface area contributed by atoms with E-state index < -0.39 is 0 Å². The summed E-state index contributed by atoms with van der Waals surface area (Å²) < 4.78 is 11.3. The number of nitrogens with zero attached hydrogens (tertiary/aromatic N) is 2. The lowest BCUT2D eigenvalue weighted by Gasteiger charge is -2.18. The molecule has 0 fully saturated rings. The first kappa shape index (κ1) is 27.1. The maximum Gasteiger partial charge on any atom is 0.292 e. The number of hydrogen-bond acceptors (Lipinski definition) is 4. The molecule has 6 aromatic rings. The number of rotatable bonds is 8. The lowest BCUT2D eigenvalue weighted by molar-refractivity contribution is 0.511. The van der Waals surface area contributed by atoms with Gasteiger partial charge in [-0.25, -0.2) is 0 Å². The highest BCUT2D eigenvalue weighted by Gasteiger charge is 2.19. The Morgan fingerprint density at radius 2 is 0.651 bits per heavy atom. The molecule has 6 aromatic carbocycles. The smallest absolute Gasteiger partial charge is 0.292 e. The molecule has 0 unspecified atom stereocenters. The minimum Gasteiger partial charge on any atom is -0.387 e. The van der Waals surface area contributed by atoms with Gasteiger partial charge in [0, 0.05) is 22.3 Å². The molecule has 0 aliphatic rings. The molecule has 204 valence electrons. The van der Waals surface area contributed by atoms with Crippen LogP contribution in [0.2, 0.25) is 0 Å². The Morgan fingerprint density at radius 3 is 0.884 bits per heavy atom. The molecule has 0 N–H and O–H groups in total. The van der Waals surface area contributed by atoms with E-state index in [0.29, 0.717) is 17.9 Å². The summed E-state index contributed by atoms with van der Waals surface area (Å²) in [6, 6.07) is 48.3. The summed E-state index contributed by atoms with van der Waals surface area (Å²) in [5.74, 6) is 1.05. The molecule has 0 saturated carbocycles. The van der Waals surface area contributed by atoms with Crippen molar-refractivity contribution in [1.29, 1.82) is 10.5 Å². The average Bonchev–Trinajstić information content (AvgIpc) is 3.07. The summed E-state index contributed by atoms with van der Waals surface area (Å²) in [5, 5.41) is 19.2. The first-order chi connectivity index (χ1) is 21.2. The van der Waals surface area contributed by atoms with E-state index in [4.69, 9.17) is 9.47 Å². The van der Waals surface area contributed by atoms with Gasteiger partial charge >= 0.3 is 0 Å². The molecular weight excluding hydrogens is 528 g/mol.